The summed E-state index contributed by atoms with van der Waals surface area (Å²) in [4.78, 5) is 16.3. The van der Waals surface area contributed by atoms with Crippen molar-refractivity contribution in [1.82, 2.24) is 9.55 Å². The fourth-order valence-electron chi connectivity index (χ4n) is 2.29. The molecule has 1 aromatic heterocycles. The summed E-state index contributed by atoms with van der Waals surface area (Å²) in [5.74, 6) is 1.09. The van der Waals surface area contributed by atoms with Crippen molar-refractivity contribution in [3.8, 4) is 0 Å². The maximum atomic E-state index is 10.9. The molecule has 0 spiro atoms. The van der Waals surface area contributed by atoms with E-state index in [0.29, 0.717) is 18.3 Å². The molecule has 1 aliphatic heterocycles. The highest BCUT2D eigenvalue weighted by molar-refractivity contribution is 5.54. The molecule has 1 aromatic rings. The van der Waals surface area contributed by atoms with Gasteiger partial charge in [-0.1, -0.05) is 0 Å². The van der Waals surface area contributed by atoms with Crippen molar-refractivity contribution in [2.45, 2.75) is 12.8 Å². The lowest BCUT2D eigenvalue weighted by Gasteiger charge is -2.32. The van der Waals surface area contributed by atoms with Crippen LogP contribution < -0.4 is 10.6 Å². The normalized spacial score (nSPS) is 17.4. The number of nitrogens with two attached hydrogens (primary N) is 1. The first-order valence-corrected chi connectivity index (χ1v) is 5.74. The van der Waals surface area contributed by atoms with Gasteiger partial charge >= 0.3 is 5.82 Å². The van der Waals surface area contributed by atoms with Crippen LogP contribution >= 0.6 is 0 Å². The molecular formula is C10H17N5O2. The summed E-state index contributed by atoms with van der Waals surface area (Å²) < 4.78 is 1.71. The zero-order chi connectivity index (χ0) is 12.4. The van der Waals surface area contributed by atoms with E-state index in [2.05, 4.69) is 4.98 Å². The Morgan fingerprint density at radius 3 is 2.76 bits per heavy atom. The minimum absolute atomic E-state index is 0.0568. The van der Waals surface area contributed by atoms with Crippen molar-refractivity contribution in [2.24, 2.45) is 18.7 Å². The van der Waals surface area contributed by atoms with Gasteiger partial charge in [-0.2, -0.15) is 0 Å². The van der Waals surface area contributed by atoms with Gasteiger partial charge in [0, 0.05) is 20.1 Å². The summed E-state index contributed by atoms with van der Waals surface area (Å²) in [5.41, 5.74) is 5.63. The Morgan fingerprint density at radius 2 is 2.24 bits per heavy atom. The molecule has 1 saturated heterocycles. The summed E-state index contributed by atoms with van der Waals surface area (Å²) in [7, 11) is 1.78. The largest absolute Gasteiger partial charge is 0.406 e. The molecule has 94 valence electrons. The maximum Gasteiger partial charge on any atom is 0.406 e. The number of anilines is 1. The second-order valence-corrected chi connectivity index (χ2v) is 4.43. The third kappa shape index (κ3) is 2.23. The SMILES string of the molecule is Cn1cnc([N+](=O)[O-])c1N1CCC(CN)CC1. The molecule has 7 nitrogen and oxygen atoms in total. The number of hydrogen-bond donors (Lipinski definition) is 1. The predicted octanol–water partition coefficient (Wildman–Crippen LogP) is 0.503. The van der Waals surface area contributed by atoms with E-state index < -0.39 is 4.92 Å². The Morgan fingerprint density at radius 1 is 1.59 bits per heavy atom. The third-order valence-corrected chi connectivity index (χ3v) is 3.31. The van der Waals surface area contributed by atoms with Crippen molar-refractivity contribution in [3.63, 3.8) is 0 Å². The lowest BCUT2D eigenvalue weighted by Crippen LogP contribution is -2.37. The summed E-state index contributed by atoms with van der Waals surface area (Å²) in [5, 5.41) is 10.9. The van der Waals surface area contributed by atoms with Crippen molar-refractivity contribution in [1.29, 1.82) is 0 Å². The van der Waals surface area contributed by atoms with Gasteiger partial charge in [-0.25, -0.2) is 0 Å². The van der Waals surface area contributed by atoms with E-state index in [-0.39, 0.29) is 5.82 Å². The fraction of sp³-hybridized carbons (Fsp3) is 0.700. The van der Waals surface area contributed by atoms with E-state index in [4.69, 9.17) is 5.73 Å². The van der Waals surface area contributed by atoms with Crippen LogP contribution in [0.2, 0.25) is 0 Å². The number of aryl methyl sites for hydroxylation is 1. The van der Waals surface area contributed by atoms with Crippen molar-refractivity contribution in [2.75, 3.05) is 24.5 Å². The van der Waals surface area contributed by atoms with Crippen LogP contribution in [0.3, 0.4) is 0 Å². The number of piperidine rings is 1. The molecule has 0 aliphatic carbocycles. The zero-order valence-corrected chi connectivity index (χ0v) is 9.87. The average Bonchev–Trinajstić information content (AvgIpc) is 2.71. The van der Waals surface area contributed by atoms with E-state index in [1.165, 1.54) is 6.33 Å². The fourth-order valence-corrected chi connectivity index (χ4v) is 2.29. The Balaban J connectivity index is 2.18. The minimum Gasteiger partial charge on any atom is -0.358 e. The molecule has 0 aromatic carbocycles. The van der Waals surface area contributed by atoms with Crippen LogP contribution in [0.15, 0.2) is 6.33 Å². The van der Waals surface area contributed by atoms with Gasteiger partial charge in [0.1, 0.15) is 0 Å². The zero-order valence-electron chi connectivity index (χ0n) is 9.87. The Labute approximate surface area is 99.4 Å². The minimum atomic E-state index is -0.426. The van der Waals surface area contributed by atoms with Crippen molar-refractivity contribution >= 4 is 11.6 Å². The standard InChI is InChI=1S/C10H17N5O2/c1-13-7-12-9(15(16)17)10(13)14-4-2-8(6-11)3-5-14/h7-8H,2-6,11H2,1H3. The van der Waals surface area contributed by atoms with E-state index in [9.17, 15) is 10.1 Å². The number of imidazole rings is 1. The first kappa shape index (κ1) is 11.8. The van der Waals surface area contributed by atoms with E-state index in [0.717, 1.165) is 25.9 Å². The van der Waals surface area contributed by atoms with Crippen LogP contribution in [0.25, 0.3) is 0 Å². The molecule has 2 heterocycles. The number of hydrogen-bond acceptors (Lipinski definition) is 5. The lowest BCUT2D eigenvalue weighted by molar-refractivity contribution is -0.388. The van der Waals surface area contributed by atoms with Crippen LogP contribution in [-0.2, 0) is 7.05 Å². The molecule has 0 amide bonds. The first-order valence-electron chi connectivity index (χ1n) is 5.74. The molecule has 7 heteroatoms. The van der Waals surface area contributed by atoms with Gasteiger partial charge in [-0.15, -0.1) is 0 Å². The van der Waals surface area contributed by atoms with Gasteiger partial charge in [0.15, 0.2) is 0 Å². The molecular weight excluding hydrogens is 222 g/mol. The molecule has 17 heavy (non-hydrogen) atoms. The second kappa shape index (κ2) is 4.70. The molecule has 2 rings (SSSR count). The predicted molar refractivity (Wildman–Crippen MR) is 63.9 cm³/mol. The van der Waals surface area contributed by atoms with Crippen molar-refractivity contribution in [3.05, 3.63) is 16.4 Å². The maximum absolute atomic E-state index is 10.9. The summed E-state index contributed by atoms with van der Waals surface area (Å²) in [6, 6.07) is 0. The smallest absolute Gasteiger partial charge is 0.358 e. The lowest BCUT2D eigenvalue weighted by atomic mass is 9.97. The monoisotopic (exact) mass is 239 g/mol. The van der Waals surface area contributed by atoms with Crippen LogP contribution in [0.5, 0.6) is 0 Å². The number of nitro groups is 1. The molecule has 0 saturated carbocycles. The molecule has 0 unspecified atom stereocenters. The Kier molecular flexibility index (Phi) is 3.28. The van der Waals surface area contributed by atoms with Gasteiger partial charge in [0.2, 0.25) is 12.1 Å². The van der Waals surface area contributed by atoms with E-state index >= 15 is 0 Å². The Hall–Kier alpha value is -1.63. The van der Waals surface area contributed by atoms with Gasteiger partial charge < -0.3 is 20.7 Å². The van der Waals surface area contributed by atoms with E-state index in [1.807, 2.05) is 4.90 Å². The van der Waals surface area contributed by atoms with Crippen LogP contribution in [-0.4, -0.2) is 34.1 Å². The molecule has 2 N–H and O–H groups in total. The van der Waals surface area contributed by atoms with Crippen LogP contribution in [0.1, 0.15) is 12.8 Å². The first-order chi connectivity index (χ1) is 8.13. The highest BCUT2D eigenvalue weighted by atomic mass is 16.6. The Bertz CT molecular complexity index is 409. The third-order valence-electron chi connectivity index (χ3n) is 3.31. The second-order valence-electron chi connectivity index (χ2n) is 4.43. The van der Waals surface area contributed by atoms with Gasteiger partial charge in [0.25, 0.3) is 0 Å². The summed E-state index contributed by atoms with van der Waals surface area (Å²) in [6.45, 7) is 2.31. The summed E-state index contributed by atoms with van der Waals surface area (Å²) in [6.07, 6.45) is 3.46. The average molecular weight is 239 g/mol. The quantitative estimate of drug-likeness (QED) is 0.613. The van der Waals surface area contributed by atoms with Crippen LogP contribution in [0.4, 0.5) is 11.6 Å². The van der Waals surface area contributed by atoms with Crippen LogP contribution in [0, 0.1) is 16.0 Å². The topological polar surface area (TPSA) is 90.2 Å². The molecule has 0 bridgehead atoms. The number of rotatable bonds is 3. The van der Waals surface area contributed by atoms with E-state index in [1.54, 1.807) is 11.6 Å². The molecule has 1 fully saturated rings. The highest BCUT2D eigenvalue weighted by Gasteiger charge is 2.28. The molecule has 1 aliphatic rings. The van der Waals surface area contributed by atoms with Gasteiger partial charge in [-0.05, 0) is 35.2 Å². The molecule has 0 atom stereocenters. The number of nitrogens with zero attached hydrogens (tertiary/aromatic N) is 4. The van der Waals surface area contributed by atoms with Gasteiger partial charge in [0.05, 0.1) is 0 Å². The molecule has 0 radical (unpaired) electrons. The van der Waals surface area contributed by atoms with Gasteiger partial charge in [-0.3, -0.25) is 4.57 Å². The number of aromatic nitrogens is 2. The summed E-state index contributed by atoms with van der Waals surface area (Å²) >= 11 is 0. The highest BCUT2D eigenvalue weighted by Crippen LogP contribution is 2.29. The van der Waals surface area contributed by atoms with Crippen molar-refractivity contribution < 1.29 is 4.92 Å².